The van der Waals surface area contributed by atoms with Crippen LogP contribution in [0.4, 0.5) is 0 Å². The van der Waals surface area contributed by atoms with Crippen molar-refractivity contribution in [1.29, 1.82) is 5.26 Å². The predicted molar refractivity (Wildman–Crippen MR) is 74.5 cm³/mol. The lowest BCUT2D eigenvalue weighted by molar-refractivity contribution is 0.277. The minimum atomic E-state index is -3.87. The first-order chi connectivity index (χ1) is 9.30. The second kappa shape index (κ2) is 5.35. The molecule has 20 heavy (non-hydrogen) atoms. The number of aryl methyl sites for hydroxylation is 1. The smallest absolute Gasteiger partial charge is 0.255 e. The van der Waals surface area contributed by atoms with Crippen LogP contribution in [0.15, 0.2) is 11.2 Å². The van der Waals surface area contributed by atoms with Gasteiger partial charge in [-0.1, -0.05) is 18.5 Å². The fourth-order valence-electron chi connectivity index (χ4n) is 2.50. The van der Waals surface area contributed by atoms with Crippen molar-refractivity contribution in [3.8, 4) is 6.07 Å². The number of nitrogens with one attached hydrogen (secondary N) is 1. The van der Waals surface area contributed by atoms with Gasteiger partial charge in [0.15, 0.2) is 5.03 Å². The standard InChI is InChI=1S/C12H17ClN4O2S/c1-9-3-5-12(8-14,6-4-9)16-20(18,19)11-10(13)7-15-17(11)2/h7,9,16H,3-6H2,1-2H3. The molecule has 0 amide bonds. The Balaban J connectivity index is 2.30. The molecule has 1 fully saturated rings. The van der Waals surface area contributed by atoms with Crippen LogP contribution < -0.4 is 4.72 Å². The first kappa shape index (κ1) is 15.3. The third kappa shape index (κ3) is 2.82. The van der Waals surface area contributed by atoms with Crippen LogP contribution in [0.2, 0.25) is 5.02 Å². The number of hydrogen-bond donors (Lipinski definition) is 1. The van der Waals surface area contributed by atoms with Gasteiger partial charge in [-0.15, -0.1) is 0 Å². The Labute approximate surface area is 123 Å². The number of nitriles is 1. The van der Waals surface area contributed by atoms with Crippen molar-refractivity contribution in [2.75, 3.05) is 0 Å². The lowest BCUT2D eigenvalue weighted by Crippen LogP contribution is -2.49. The molecule has 1 N–H and O–H groups in total. The highest BCUT2D eigenvalue weighted by Crippen LogP contribution is 2.33. The Morgan fingerprint density at radius 1 is 1.55 bits per heavy atom. The molecule has 1 heterocycles. The summed E-state index contributed by atoms with van der Waals surface area (Å²) in [4.78, 5) is 0. The van der Waals surface area contributed by atoms with Gasteiger partial charge in [0.05, 0.1) is 17.3 Å². The minimum Gasteiger partial charge on any atom is -0.255 e. The number of rotatable bonds is 3. The van der Waals surface area contributed by atoms with Crippen LogP contribution in [0.1, 0.15) is 32.6 Å². The van der Waals surface area contributed by atoms with Crippen LogP contribution in [-0.4, -0.2) is 23.7 Å². The average molecular weight is 317 g/mol. The van der Waals surface area contributed by atoms with Crippen molar-refractivity contribution < 1.29 is 8.42 Å². The largest absolute Gasteiger partial charge is 0.260 e. The highest BCUT2D eigenvalue weighted by Gasteiger charge is 2.39. The lowest BCUT2D eigenvalue weighted by Gasteiger charge is -2.33. The van der Waals surface area contributed by atoms with Crippen molar-refractivity contribution in [1.82, 2.24) is 14.5 Å². The Kier molecular flexibility index (Phi) is 4.09. The SMILES string of the molecule is CC1CCC(C#N)(NS(=O)(=O)c2c(Cl)cnn2C)CC1. The molecule has 1 saturated carbocycles. The van der Waals surface area contributed by atoms with Crippen molar-refractivity contribution in [3.63, 3.8) is 0 Å². The van der Waals surface area contributed by atoms with E-state index in [1.165, 1.54) is 17.9 Å². The Bertz CT molecular complexity index is 619. The van der Waals surface area contributed by atoms with E-state index in [0.717, 1.165) is 12.8 Å². The molecule has 1 aromatic heterocycles. The molecule has 8 heteroatoms. The zero-order chi connectivity index (χ0) is 15.0. The van der Waals surface area contributed by atoms with Crippen LogP contribution in [-0.2, 0) is 17.1 Å². The van der Waals surface area contributed by atoms with Crippen LogP contribution >= 0.6 is 11.6 Å². The summed E-state index contributed by atoms with van der Waals surface area (Å²) in [6, 6.07) is 2.13. The summed E-state index contributed by atoms with van der Waals surface area (Å²) < 4.78 is 28.6. The molecule has 110 valence electrons. The van der Waals surface area contributed by atoms with E-state index < -0.39 is 15.6 Å². The second-order valence-electron chi connectivity index (χ2n) is 5.40. The zero-order valence-electron chi connectivity index (χ0n) is 11.4. The molecule has 2 rings (SSSR count). The minimum absolute atomic E-state index is 0.0530. The van der Waals surface area contributed by atoms with Gasteiger partial charge in [-0.3, -0.25) is 4.68 Å². The summed E-state index contributed by atoms with van der Waals surface area (Å²) >= 11 is 5.87. The van der Waals surface area contributed by atoms with E-state index in [1.54, 1.807) is 0 Å². The zero-order valence-corrected chi connectivity index (χ0v) is 13.0. The fourth-order valence-corrected chi connectivity index (χ4v) is 4.53. The van der Waals surface area contributed by atoms with E-state index in [-0.39, 0.29) is 10.0 Å². The van der Waals surface area contributed by atoms with Gasteiger partial charge in [0.1, 0.15) is 5.54 Å². The Morgan fingerprint density at radius 2 is 2.15 bits per heavy atom. The fraction of sp³-hybridized carbons (Fsp3) is 0.667. The molecule has 0 radical (unpaired) electrons. The molecule has 6 nitrogen and oxygen atoms in total. The molecule has 0 bridgehead atoms. The van der Waals surface area contributed by atoms with E-state index in [4.69, 9.17) is 11.6 Å². The molecule has 0 saturated heterocycles. The van der Waals surface area contributed by atoms with Crippen LogP contribution in [0.25, 0.3) is 0 Å². The lowest BCUT2D eigenvalue weighted by atomic mass is 9.79. The third-order valence-corrected chi connectivity index (χ3v) is 5.81. The van der Waals surface area contributed by atoms with Gasteiger partial charge in [0, 0.05) is 7.05 Å². The van der Waals surface area contributed by atoms with E-state index in [9.17, 15) is 13.7 Å². The summed E-state index contributed by atoms with van der Waals surface area (Å²) in [6.45, 7) is 2.10. The van der Waals surface area contributed by atoms with E-state index in [0.29, 0.717) is 18.8 Å². The normalized spacial score (nSPS) is 27.2. The van der Waals surface area contributed by atoms with Crippen molar-refractivity contribution in [2.45, 2.75) is 43.2 Å². The number of hydrogen-bond acceptors (Lipinski definition) is 4. The number of halogens is 1. The van der Waals surface area contributed by atoms with E-state index in [2.05, 4.69) is 22.8 Å². The Hall–Kier alpha value is -1.10. The molecular formula is C12H17ClN4O2S. The number of nitrogens with zero attached hydrogens (tertiary/aromatic N) is 3. The number of sulfonamides is 1. The van der Waals surface area contributed by atoms with E-state index in [1.807, 2.05) is 0 Å². The molecule has 0 atom stereocenters. The average Bonchev–Trinajstić information content (AvgIpc) is 2.72. The summed E-state index contributed by atoms with van der Waals surface area (Å²) in [5.41, 5.74) is -1.04. The summed E-state index contributed by atoms with van der Waals surface area (Å²) in [7, 11) is -2.37. The molecule has 1 aliphatic rings. The van der Waals surface area contributed by atoms with Crippen molar-refractivity contribution in [2.24, 2.45) is 13.0 Å². The van der Waals surface area contributed by atoms with Gasteiger partial charge >= 0.3 is 0 Å². The highest BCUT2D eigenvalue weighted by atomic mass is 35.5. The topological polar surface area (TPSA) is 87.8 Å². The molecular weight excluding hydrogens is 300 g/mol. The molecule has 0 aromatic carbocycles. The predicted octanol–water partition coefficient (Wildman–Crippen LogP) is 1.82. The van der Waals surface area contributed by atoms with Gasteiger partial charge in [-0.25, -0.2) is 8.42 Å². The Morgan fingerprint density at radius 3 is 2.60 bits per heavy atom. The van der Waals surface area contributed by atoms with Gasteiger partial charge in [-0.05, 0) is 31.6 Å². The quantitative estimate of drug-likeness (QED) is 0.921. The van der Waals surface area contributed by atoms with Crippen LogP contribution in [0.5, 0.6) is 0 Å². The molecule has 1 aromatic rings. The maximum atomic E-state index is 12.4. The monoisotopic (exact) mass is 316 g/mol. The summed E-state index contributed by atoms with van der Waals surface area (Å²) in [6.07, 6.45) is 3.96. The van der Waals surface area contributed by atoms with E-state index >= 15 is 0 Å². The maximum absolute atomic E-state index is 12.4. The highest BCUT2D eigenvalue weighted by molar-refractivity contribution is 7.89. The summed E-state index contributed by atoms with van der Waals surface area (Å²) in [5.74, 6) is 0.515. The molecule has 0 aliphatic heterocycles. The van der Waals surface area contributed by atoms with Crippen molar-refractivity contribution in [3.05, 3.63) is 11.2 Å². The third-order valence-electron chi connectivity index (χ3n) is 3.77. The molecule has 0 spiro atoms. The van der Waals surface area contributed by atoms with Crippen LogP contribution in [0, 0.1) is 17.2 Å². The number of aromatic nitrogens is 2. The van der Waals surface area contributed by atoms with Gasteiger partial charge in [0.25, 0.3) is 10.0 Å². The maximum Gasteiger partial charge on any atom is 0.260 e. The van der Waals surface area contributed by atoms with Crippen LogP contribution in [0.3, 0.4) is 0 Å². The summed E-state index contributed by atoms with van der Waals surface area (Å²) in [5, 5.41) is 13.2. The van der Waals surface area contributed by atoms with Crippen molar-refractivity contribution >= 4 is 21.6 Å². The van der Waals surface area contributed by atoms with Gasteiger partial charge in [-0.2, -0.15) is 15.1 Å². The first-order valence-electron chi connectivity index (χ1n) is 6.42. The van der Waals surface area contributed by atoms with Gasteiger partial charge in [0.2, 0.25) is 0 Å². The molecule has 0 unspecified atom stereocenters. The second-order valence-corrected chi connectivity index (χ2v) is 7.41. The molecule has 1 aliphatic carbocycles. The van der Waals surface area contributed by atoms with Gasteiger partial charge < -0.3 is 0 Å². The first-order valence-corrected chi connectivity index (χ1v) is 8.28.